The van der Waals surface area contributed by atoms with Crippen molar-refractivity contribution < 1.29 is 13.5 Å². The molecule has 7 heteroatoms. The van der Waals surface area contributed by atoms with Gasteiger partial charge in [-0.2, -0.15) is 4.31 Å². The van der Waals surface area contributed by atoms with Gasteiger partial charge in [-0.1, -0.05) is 0 Å². The predicted octanol–water partition coefficient (Wildman–Crippen LogP) is 0.715. The van der Waals surface area contributed by atoms with Crippen molar-refractivity contribution in [1.29, 1.82) is 0 Å². The zero-order chi connectivity index (χ0) is 15.6. The van der Waals surface area contributed by atoms with Crippen molar-refractivity contribution in [3.63, 3.8) is 0 Å². The molecule has 21 heavy (non-hydrogen) atoms. The maximum atomic E-state index is 12.9. The van der Waals surface area contributed by atoms with E-state index in [0.29, 0.717) is 18.8 Å². The fraction of sp³-hybridized carbons (Fsp3) is 0.714. The minimum atomic E-state index is -3.51. The number of likely N-dealkylation sites (N-methyl/N-ethyl adjacent to an activating group) is 1. The Labute approximate surface area is 127 Å². The van der Waals surface area contributed by atoms with Crippen LogP contribution in [0.15, 0.2) is 17.2 Å². The van der Waals surface area contributed by atoms with Crippen molar-refractivity contribution in [3.8, 4) is 0 Å². The average Bonchev–Trinajstić information content (AvgIpc) is 2.79. The summed E-state index contributed by atoms with van der Waals surface area (Å²) in [5.74, 6) is 0. The molecule has 1 aromatic rings. The Balaban J connectivity index is 2.34. The van der Waals surface area contributed by atoms with Gasteiger partial charge in [-0.15, -0.1) is 0 Å². The molecule has 2 rings (SSSR count). The van der Waals surface area contributed by atoms with Crippen molar-refractivity contribution in [2.45, 2.75) is 44.4 Å². The van der Waals surface area contributed by atoms with Gasteiger partial charge in [0.15, 0.2) is 0 Å². The molecular formula is C14H25N3O3S. The molecule has 120 valence electrons. The summed E-state index contributed by atoms with van der Waals surface area (Å²) in [5.41, 5.74) is 0.635. The molecule has 1 aliphatic heterocycles. The molecule has 1 unspecified atom stereocenters. The summed E-state index contributed by atoms with van der Waals surface area (Å²) >= 11 is 0. The van der Waals surface area contributed by atoms with E-state index in [0.717, 1.165) is 19.5 Å². The lowest BCUT2D eigenvalue weighted by Gasteiger charge is -2.26. The van der Waals surface area contributed by atoms with Crippen LogP contribution in [0.25, 0.3) is 0 Å². The van der Waals surface area contributed by atoms with Gasteiger partial charge in [-0.3, -0.25) is 0 Å². The Kier molecular flexibility index (Phi) is 5.08. The molecule has 1 saturated heterocycles. The molecule has 0 radical (unpaired) electrons. The number of aryl methyl sites for hydroxylation is 1. The van der Waals surface area contributed by atoms with Crippen LogP contribution >= 0.6 is 0 Å². The van der Waals surface area contributed by atoms with Gasteiger partial charge in [0, 0.05) is 37.6 Å². The molecule has 1 fully saturated rings. The Morgan fingerprint density at radius 2 is 2.10 bits per heavy atom. The highest BCUT2D eigenvalue weighted by Gasteiger charge is 2.32. The number of aliphatic hydroxyl groups is 1. The second-order valence-corrected chi connectivity index (χ2v) is 7.58. The first kappa shape index (κ1) is 16.5. The molecule has 0 aliphatic carbocycles. The minimum Gasteiger partial charge on any atom is -0.390 e. The molecule has 1 N–H and O–H groups in total. The zero-order valence-corrected chi connectivity index (χ0v) is 13.8. The van der Waals surface area contributed by atoms with Gasteiger partial charge in [0.25, 0.3) is 0 Å². The van der Waals surface area contributed by atoms with Crippen LogP contribution < -0.4 is 0 Å². The summed E-state index contributed by atoms with van der Waals surface area (Å²) in [5, 5.41) is 9.33. The average molecular weight is 315 g/mol. The summed E-state index contributed by atoms with van der Waals surface area (Å²) < 4.78 is 29.1. The Hall–Kier alpha value is -0.890. The van der Waals surface area contributed by atoms with Gasteiger partial charge in [0.1, 0.15) is 4.90 Å². The third-order valence-corrected chi connectivity index (χ3v) is 6.03. The van der Waals surface area contributed by atoms with Crippen LogP contribution in [0.1, 0.15) is 26.0 Å². The molecular weight excluding hydrogens is 290 g/mol. The maximum Gasteiger partial charge on any atom is 0.244 e. The molecule has 0 saturated carbocycles. The van der Waals surface area contributed by atoms with Crippen LogP contribution in [0.4, 0.5) is 0 Å². The van der Waals surface area contributed by atoms with Gasteiger partial charge >= 0.3 is 0 Å². The van der Waals surface area contributed by atoms with E-state index in [4.69, 9.17) is 0 Å². The van der Waals surface area contributed by atoms with Crippen molar-refractivity contribution in [1.82, 2.24) is 13.8 Å². The van der Waals surface area contributed by atoms with Crippen molar-refractivity contribution in [2.75, 3.05) is 26.7 Å². The van der Waals surface area contributed by atoms with Gasteiger partial charge in [0.05, 0.1) is 6.61 Å². The van der Waals surface area contributed by atoms with Crippen LogP contribution in [-0.2, 0) is 23.2 Å². The largest absolute Gasteiger partial charge is 0.390 e. The first-order valence-corrected chi connectivity index (χ1v) is 8.84. The van der Waals surface area contributed by atoms with Crippen LogP contribution in [-0.4, -0.2) is 60.0 Å². The summed E-state index contributed by atoms with van der Waals surface area (Å²) in [7, 11) is -1.49. The summed E-state index contributed by atoms with van der Waals surface area (Å²) in [6, 6.07) is 1.53. The molecule has 6 nitrogen and oxygen atoms in total. The van der Waals surface area contributed by atoms with Crippen molar-refractivity contribution in [3.05, 3.63) is 18.0 Å². The number of hydrogen-bond acceptors (Lipinski definition) is 4. The standard InChI is InChI=1S/C14H25N3O3S/c1-4-16-10-14(8-13(16)11-18)21(19,20)17-7-5-6-15(3)9-12(17)2/h8,10,12,18H,4-7,9,11H2,1-3H3. The summed E-state index contributed by atoms with van der Waals surface area (Å²) in [4.78, 5) is 2.45. The monoisotopic (exact) mass is 315 g/mol. The molecule has 0 amide bonds. The molecule has 0 aromatic carbocycles. The summed E-state index contributed by atoms with van der Waals surface area (Å²) in [6.45, 7) is 6.56. The van der Waals surface area contributed by atoms with E-state index in [1.54, 1.807) is 21.1 Å². The first-order chi connectivity index (χ1) is 9.90. The second kappa shape index (κ2) is 6.48. The second-order valence-electron chi connectivity index (χ2n) is 5.69. The van der Waals surface area contributed by atoms with Gasteiger partial charge < -0.3 is 14.6 Å². The normalized spacial score (nSPS) is 22.4. The topological polar surface area (TPSA) is 65.8 Å². The highest BCUT2D eigenvalue weighted by molar-refractivity contribution is 7.89. The molecule has 0 bridgehead atoms. The highest BCUT2D eigenvalue weighted by Crippen LogP contribution is 2.23. The first-order valence-electron chi connectivity index (χ1n) is 7.40. The Morgan fingerprint density at radius 3 is 2.67 bits per heavy atom. The quantitative estimate of drug-likeness (QED) is 0.889. The lowest BCUT2D eigenvalue weighted by Crippen LogP contribution is -2.41. The van der Waals surface area contributed by atoms with Crippen LogP contribution in [0.5, 0.6) is 0 Å². The Bertz CT molecular complexity index is 561. The predicted molar refractivity (Wildman–Crippen MR) is 81.5 cm³/mol. The maximum absolute atomic E-state index is 12.9. The molecule has 1 aliphatic rings. The van der Waals surface area contributed by atoms with E-state index in [-0.39, 0.29) is 17.5 Å². The SMILES string of the molecule is CCn1cc(S(=O)(=O)N2CCCN(C)CC2C)cc1CO. The number of sulfonamides is 1. The van der Waals surface area contributed by atoms with Gasteiger partial charge in [-0.05, 0) is 39.9 Å². The number of nitrogens with zero attached hydrogens (tertiary/aromatic N) is 3. The van der Waals surface area contributed by atoms with E-state index in [9.17, 15) is 13.5 Å². The molecule has 1 atom stereocenters. The zero-order valence-electron chi connectivity index (χ0n) is 13.0. The van der Waals surface area contributed by atoms with Crippen LogP contribution in [0, 0.1) is 0 Å². The van der Waals surface area contributed by atoms with Gasteiger partial charge in [-0.25, -0.2) is 8.42 Å². The fourth-order valence-electron chi connectivity index (χ4n) is 2.94. The van der Waals surface area contributed by atoms with Crippen molar-refractivity contribution in [2.24, 2.45) is 0 Å². The smallest absolute Gasteiger partial charge is 0.244 e. The lowest BCUT2D eigenvalue weighted by atomic mass is 10.3. The van der Waals surface area contributed by atoms with Crippen LogP contribution in [0.3, 0.4) is 0 Å². The van der Waals surface area contributed by atoms with Crippen LogP contribution in [0.2, 0.25) is 0 Å². The highest BCUT2D eigenvalue weighted by atomic mass is 32.2. The summed E-state index contributed by atoms with van der Waals surface area (Å²) in [6.07, 6.45) is 2.46. The Morgan fingerprint density at radius 1 is 1.38 bits per heavy atom. The third kappa shape index (κ3) is 3.31. The molecule has 0 spiro atoms. The fourth-order valence-corrected chi connectivity index (χ4v) is 4.66. The van der Waals surface area contributed by atoms with Crippen molar-refractivity contribution >= 4 is 10.0 Å². The third-order valence-electron chi connectivity index (χ3n) is 4.06. The number of rotatable bonds is 4. The molecule has 2 heterocycles. The number of aromatic nitrogens is 1. The van der Waals surface area contributed by atoms with Gasteiger partial charge in [0.2, 0.25) is 10.0 Å². The number of hydrogen-bond donors (Lipinski definition) is 1. The molecule has 1 aromatic heterocycles. The van der Waals surface area contributed by atoms with E-state index in [1.807, 2.05) is 20.9 Å². The van der Waals surface area contributed by atoms with E-state index < -0.39 is 10.0 Å². The van der Waals surface area contributed by atoms with E-state index in [2.05, 4.69) is 4.90 Å². The lowest BCUT2D eigenvalue weighted by molar-refractivity contribution is 0.271. The van der Waals surface area contributed by atoms with E-state index >= 15 is 0 Å². The van der Waals surface area contributed by atoms with E-state index in [1.165, 1.54) is 0 Å². The number of aliphatic hydroxyl groups excluding tert-OH is 1. The minimum absolute atomic E-state index is 0.0509.